The molecule has 2 heterocycles. The van der Waals surface area contributed by atoms with Gasteiger partial charge in [-0.2, -0.15) is 0 Å². The molecule has 1 N–H and O–H groups in total. The van der Waals surface area contributed by atoms with Gasteiger partial charge < -0.3 is 14.7 Å². The van der Waals surface area contributed by atoms with Gasteiger partial charge in [-0.3, -0.25) is 0 Å². The lowest BCUT2D eigenvalue weighted by Gasteiger charge is -2.29. The van der Waals surface area contributed by atoms with Crippen LogP contribution in [0.5, 0.6) is 5.75 Å². The maximum absolute atomic E-state index is 10.8. The Morgan fingerprint density at radius 1 is 1.25 bits per heavy atom. The Hall–Kier alpha value is -2.89. The second kappa shape index (κ2) is 7.12. The second-order valence-corrected chi connectivity index (χ2v) is 5.63. The normalized spacial score (nSPS) is 14.4. The van der Waals surface area contributed by atoms with Crippen LogP contribution in [-0.4, -0.2) is 41.2 Å². The largest absolute Gasteiger partial charge is 0.497 e. The number of methoxy groups -OCH3 is 1. The molecule has 3 rings (SSSR count). The average Bonchev–Trinajstić information content (AvgIpc) is 2.62. The lowest BCUT2D eigenvalue weighted by molar-refractivity contribution is 0.0690. The van der Waals surface area contributed by atoms with Gasteiger partial charge in [-0.05, 0) is 30.5 Å². The molecule has 0 aliphatic carbocycles. The fourth-order valence-electron chi connectivity index (χ4n) is 2.73. The van der Waals surface area contributed by atoms with Crippen molar-refractivity contribution in [2.45, 2.75) is 12.8 Å². The number of benzene rings is 1. The molecule has 1 aliphatic rings. The molecule has 24 heavy (non-hydrogen) atoms. The van der Waals surface area contributed by atoms with Gasteiger partial charge in [0.1, 0.15) is 11.6 Å². The van der Waals surface area contributed by atoms with Crippen LogP contribution >= 0.6 is 0 Å². The summed E-state index contributed by atoms with van der Waals surface area (Å²) < 4.78 is 5.25. The number of aromatic carboxylic acids is 1. The zero-order valence-electron chi connectivity index (χ0n) is 13.5. The lowest BCUT2D eigenvalue weighted by Crippen LogP contribution is -2.31. The zero-order valence-corrected chi connectivity index (χ0v) is 13.5. The van der Waals surface area contributed by atoms with Crippen LogP contribution in [-0.2, 0) is 0 Å². The summed E-state index contributed by atoms with van der Waals surface area (Å²) in [4.78, 5) is 21.1. The summed E-state index contributed by atoms with van der Waals surface area (Å²) in [6, 6.07) is 8.01. The summed E-state index contributed by atoms with van der Waals surface area (Å²) in [5, 5.41) is 8.87. The Bertz CT molecular complexity index is 746. The molecule has 0 bridgehead atoms. The number of hydrogen-bond acceptors (Lipinski definition) is 5. The number of rotatable bonds is 4. The fraction of sp³-hybridized carbons (Fsp3) is 0.278. The van der Waals surface area contributed by atoms with E-state index >= 15 is 0 Å². The van der Waals surface area contributed by atoms with E-state index in [0.29, 0.717) is 0 Å². The number of hydrogen-bond donors (Lipinski definition) is 1. The highest BCUT2D eigenvalue weighted by Crippen LogP contribution is 2.24. The minimum absolute atomic E-state index is 0.0330. The van der Waals surface area contributed by atoms with Gasteiger partial charge in [0, 0.05) is 13.1 Å². The van der Waals surface area contributed by atoms with E-state index in [9.17, 15) is 4.79 Å². The zero-order chi connectivity index (χ0) is 16.9. The van der Waals surface area contributed by atoms with Gasteiger partial charge >= 0.3 is 5.97 Å². The molecule has 0 radical (unpaired) electrons. The molecule has 1 aliphatic heterocycles. The van der Waals surface area contributed by atoms with E-state index in [2.05, 4.69) is 27.0 Å². The lowest BCUT2D eigenvalue weighted by atomic mass is 10.0. The Balaban J connectivity index is 1.64. The molecular weight excluding hydrogens is 306 g/mol. The maximum Gasteiger partial charge on any atom is 0.356 e. The van der Waals surface area contributed by atoms with Gasteiger partial charge in [-0.25, -0.2) is 14.8 Å². The van der Waals surface area contributed by atoms with E-state index in [0.717, 1.165) is 43.1 Å². The highest BCUT2D eigenvalue weighted by molar-refractivity contribution is 5.84. The van der Waals surface area contributed by atoms with Crippen molar-refractivity contribution < 1.29 is 14.6 Å². The highest BCUT2D eigenvalue weighted by Gasteiger charge is 2.16. The highest BCUT2D eigenvalue weighted by atomic mass is 16.5. The number of aromatic nitrogens is 2. The first kappa shape index (κ1) is 16.0. The summed E-state index contributed by atoms with van der Waals surface area (Å²) >= 11 is 0. The van der Waals surface area contributed by atoms with Gasteiger partial charge in [0.2, 0.25) is 0 Å². The van der Waals surface area contributed by atoms with Crippen molar-refractivity contribution in [1.29, 1.82) is 0 Å². The number of ether oxygens (including phenoxy) is 1. The van der Waals surface area contributed by atoms with E-state index in [4.69, 9.17) is 9.84 Å². The molecule has 0 amide bonds. The van der Waals surface area contributed by atoms with Gasteiger partial charge in [-0.1, -0.05) is 23.8 Å². The van der Waals surface area contributed by atoms with E-state index in [1.807, 2.05) is 18.2 Å². The van der Waals surface area contributed by atoms with Gasteiger partial charge in [-0.15, -0.1) is 0 Å². The first-order valence-corrected chi connectivity index (χ1v) is 7.79. The van der Waals surface area contributed by atoms with Crippen LogP contribution in [0.2, 0.25) is 0 Å². The first-order chi connectivity index (χ1) is 11.7. The molecule has 124 valence electrons. The SMILES string of the molecule is COc1cccc(C=C2CCN(c3cnc(C(=O)O)cn3)CC2)c1. The Morgan fingerprint density at radius 2 is 2.04 bits per heavy atom. The van der Waals surface area contributed by atoms with Crippen molar-refractivity contribution in [3.8, 4) is 5.75 Å². The number of carbonyl (C=O) groups is 1. The Kier molecular flexibility index (Phi) is 4.74. The Labute approximate surface area is 140 Å². The van der Waals surface area contributed by atoms with Crippen LogP contribution in [0.25, 0.3) is 6.08 Å². The molecule has 2 aromatic rings. The summed E-state index contributed by atoms with van der Waals surface area (Å²) in [6.45, 7) is 1.69. The number of carboxylic acid groups (broad SMARTS) is 1. The molecule has 0 unspecified atom stereocenters. The molecular formula is C18H19N3O3. The quantitative estimate of drug-likeness (QED) is 0.931. The predicted molar refractivity (Wildman–Crippen MR) is 91.4 cm³/mol. The van der Waals surface area contributed by atoms with Gasteiger partial charge in [0.05, 0.1) is 19.5 Å². The van der Waals surface area contributed by atoms with Crippen molar-refractivity contribution in [3.05, 3.63) is 53.5 Å². The number of anilines is 1. The number of carboxylic acids is 1. The molecule has 1 aromatic carbocycles. The second-order valence-electron chi connectivity index (χ2n) is 5.63. The molecule has 0 saturated carbocycles. The Morgan fingerprint density at radius 3 is 2.67 bits per heavy atom. The third-order valence-corrected chi connectivity index (χ3v) is 4.05. The van der Waals surface area contributed by atoms with Crippen LogP contribution in [0.3, 0.4) is 0 Å². The van der Waals surface area contributed by atoms with Crippen molar-refractivity contribution in [3.63, 3.8) is 0 Å². The van der Waals surface area contributed by atoms with Crippen molar-refractivity contribution >= 4 is 17.9 Å². The summed E-state index contributed by atoms with van der Waals surface area (Å²) in [5.41, 5.74) is 2.49. The van der Waals surface area contributed by atoms with Crippen LogP contribution in [0, 0.1) is 0 Å². The van der Waals surface area contributed by atoms with E-state index in [1.54, 1.807) is 7.11 Å². The first-order valence-electron chi connectivity index (χ1n) is 7.79. The summed E-state index contributed by atoms with van der Waals surface area (Å²) in [5.74, 6) is 0.521. The van der Waals surface area contributed by atoms with Crippen LogP contribution in [0.4, 0.5) is 5.82 Å². The number of nitrogens with zero attached hydrogens (tertiary/aromatic N) is 3. The minimum Gasteiger partial charge on any atom is -0.497 e. The van der Waals surface area contributed by atoms with Gasteiger partial charge in [0.25, 0.3) is 0 Å². The molecule has 1 saturated heterocycles. The third kappa shape index (κ3) is 3.71. The fourth-order valence-corrected chi connectivity index (χ4v) is 2.73. The molecule has 1 aromatic heterocycles. The van der Waals surface area contributed by atoms with Gasteiger partial charge in [0.15, 0.2) is 5.69 Å². The summed E-state index contributed by atoms with van der Waals surface area (Å²) in [6.07, 6.45) is 6.93. The van der Waals surface area contributed by atoms with E-state index < -0.39 is 5.97 Å². The van der Waals surface area contributed by atoms with Crippen LogP contribution < -0.4 is 9.64 Å². The summed E-state index contributed by atoms with van der Waals surface area (Å²) in [7, 11) is 1.67. The van der Waals surface area contributed by atoms with E-state index in [1.165, 1.54) is 18.0 Å². The predicted octanol–water partition coefficient (Wildman–Crippen LogP) is 2.87. The molecule has 6 nitrogen and oxygen atoms in total. The van der Waals surface area contributed by atoms with Crippen LogP contribution in [0.1, 0.15) is 28.9 Å². The third-order valence-electron chi connectivity index (χ3n) is 4.05. The van der Waals surface area contributed by atoms with E-state index in [-0.39, 0.29) is 5.69 Å². The molecule has 1 fully saturated rings. The molecule has 6 heteroatoms. The topological polar surface area (TPSA) is 75.5 Å². The van der Waals surface area contributed by atoms with Crippen LogP contribution in [0.15, 0.2) is 42.2 Å². The molecule has 0 spiro atoms. The molecule has 0 atom stereocenters. The van der Waals surface area contributed by atoms with Crippen molar-refractivity contribution in [2.24, 2.45) is 0 Å². The maximum atomic E-state index is 10.8. The monoisotopic (exact) mass is 325 g/mol. The number of piperidine rings is 1. The van der Waals surface area contributed by atoms with Crippen molar-refractivity contribution in [1.82, 2.24) is 9.97 Å². The average molecular weight is 325 g/mol. The minimum atomic E-state index is -1.06. The smallest absolute Gasteiger partial charge is 0.356 e. The van der Waals surface area contributed by atoms with Crippen molar-refractivity contribution in [2.75, 3.05) is 25.1 Å². The standard InChI is InChI=1S/C18H19N3O3/c1-24-15-4-2-3-14(10-15)9-13-5-7-21(8-6-13)17-12-19-16(11-20-17)18(22)23/h2-4,9-12H,5-8H2,1H3,(H,22,23).